The Bertz CT molecular complexity index is 939. The van der Waals surface area contributed by atoms with Gasteiger partial charge < -0.3 is 5.32 Å². The van der Waals surface area contributed by atoms with Gasteiger partial charge >= 0.3 is 0 Å². The van der Waals surface area contributed by atoms with E-state index in [4.69, 9.17) is 4.98 Å². The lowest BCUT2D eigenvalue weighted by Gasteiger charge is -2.07. The summed E-state index contributed by atoms with van der Waals surface area (Å²) < 4.78 is 0. The van der Waals surface area contributed by atoms with Crippen molar-refractivity contribution < 1.29 is 0 Å². The summed E-state index contributed by atoms with van der Waals surface area (Å²) in [7, 11) is 0. The Balaban J connectivity index is 1.43. The minimum atomic E-state index is 0.784. The predicted octanol–water partition coefficient (Wildman–Crippen LogP) is 5.25. The van der Waals surface area contributed by atoms with E-state index in [-0.39, 0.29) is 0 Å². The Labute approximate surface area is 145 Å². The fourth-order valence-electron chi connectivity index (χ4n) is 2.87. The molecule has 0 radical (unpaired) electrons. The van der Waals surface area contributed by atoms with Crippen molar-refractivity contribution in [1.82, 2.24) is 10.3 Å². The number of nitrogens with zero attached hydrogens (tertiary/aromatic N) is 1. The standard InChI is InChI=1S/C21H18N2S/c1-2-8-17(9-3-1)21-23-19(15-24-21)14-22-13-18-11-6-10-16-7-4-5-12-20(16)18/h1-12,15,22H,13-14H2. The van der Waals surface area contributed by atoms with Gasteiger partial charge in [0.1, 0.15) is 5.01 Å². The Morgan fingerprint density at radius 3 is 2.50 bits per heavy atom. The minimum absolute atomic E-state index is 0.784. The fourth-order valence-corrected chi connectivity index (χ4v) is 3.70. The Morgan fingerprint density at radius 1 is 0.792 bits per heavy atom. The summed E-state index contributed by atoms with van der Waals surface area (Å²) in [5.74, 6) is 0. The fraction of sp³-hybridized carbons (Fsp3) is 0.0952. The van der Waals surface area contributed by atoms with Gasteiger partial charge in [-0.05, 0) is 16.3 Å². The van der Waals surface area contributed by atoms with Crippen LogP contribution in [0.25, 0.3) is 21.3 Å². The molecule has 0 spiro atoms. The first-order chi connectivity index (χ1) is 11.9. The predicted molar refractivity (Wildman–Crippen MR) is 102 cm³/mol. The van der Waals surface area contributed by atoms with Crippen LogP contribution in [0.4, 0.5) is 0 Å². The smallest absolute Gasteiger partial charge is 0.123 e. The summed E-state index contributed by atoms with van der Waals surface area (Å²) >= 11 is 1.70. The molecule has 0 saturated heterocycles. The molecule has 0 amide bonds. The van der Waals surface area contributed by atoms with Crippen molar-refractivity contribution in [1.29, 1.82) is 0 Å². The highest BCUT2D eigenvalue weighted by Gasteiger charge is 2.05. The summed E-state index contributed by atoms with van der Waals surface area (Å²) in [6.45, 7) is 1.63. The van der Waals surface area contributed by atoms with Gasteiger partial charge in [0.15, 0.2) is 0 Å². The number of aromatic nitrogens is 1. The van der Waals surface area contributed by atoms with Crippen LogP contribution in [0, 0.1) is 0 Å². The third kappa shape index (κ3) is 3.23. The monoisotopic (exact) mass is 330 g/mol. The van der Waals surface area contributed by atoms with E-state index >= 15 is 0 Å². The zero-order chi connectivity index (χ0) is 16.2. The summed E-state index contributed by atoms with van der Waals surface area (Å²) in [5.41, 5.74) is 3.61. The number of hydrogen-bond acceptors (Lipinski definition) is 3. The molecule has 2 nitrogen and oxygen atoms in total. The average molecular weight is 330 g/mol. The van der Waals surface area contributed by atoms with Gasteiger partial charge in [0.25, 0.3) is 0 Å². The van der Waals surface area contributed by atoms with Crippen LogP contribution in [-0.4, -0.2) is 4.98 Å². The number of nitrogens with one attached hydrogen (secondary N) is 1. The van der Waals surface area contributed by atoms with E-state index in [0.29, 0.717) is 0 Å². The molecule has 1 N–H and O–H groups in total. The van der Waals surface area contributed by atoms with E-state index in [1.807, 2.05) is 6.07 Å². The van der Waals surface area contributed by atoms with Crippen LogP contribution in [0.2, 0.25) is 0 Å². The Hall–Kier alpha value is -2.49. The first-order valence-electron chi connectivity index (χ1n) is 8.07. The van der Waals surface area contributed by atoms with Crippen molar-refractivity contribution in [3.05, 3.63) is 89.4 Å². The third-order valence-corrected chi connectivity index (χ3v) is 5.01. The van der Waals surface area contributed by atoms with E-state index in [2.05, 4.69) is 77.4 Å². The Kier molecular flexibility index (Phi) is 4.36. The Morgan fingerprint density at radius 2 is 1.58 bits per heavy atom. The van der Waals surface area contributed by atoms with Crippen LogP contribution in [0.5, 0.6) is 0 Å². The number of hydrogen-bond donors (Lipinski definition) is 1. The van der Waals surface area contributed by atoms with Gasteiger partial charge in [-0.2, -0.15) is 0 Å². The first kappa shape index (κ1) is 15.1. The van der Waals surface area contributed by atoms with Gasteiger partial charge in [0.05, 0.1) is 5.69 Å². The molecule has 0 saturated carbocycles. The number of fused-ring (bicyclic) bond motifs is 1. The summed E-state index contributed by atoms with van der Waals surface area (Å²) in [6, 6.07) is 25.3. The van der Waals surface area contributed by atoms with Gasteiger partial charge in [0, 0.05) is 24.0 Å². The van der Waals surface area contributed by atoms with E-state index in [9.17, 15) is 0 Å². The average Bonchev–Trinajstić information content (AvgIpc) is 3.12. The molecule has 4 aromatic rings. The second-order valence-electron chi connectivity index (χ2n) is 5.75. The SMILES string of the molecule is c1ccc(-c2nc(CNCc3cccc4ccccc34)cs2)cc1. The number of rotatable bonds is 5. The second kappa shape index (κ2) is 6.95. The van der Waals surface area contributed by atoms with Gasteiger partial charge in [-0.25, -0.2) is 4.98 Å². The van der Waals surface area contributed by atoms with Crippen molar-refractivity contribution in [2.24, 2.45) is 0 Å². The number of thiazole rings is 1. The zero-order valence-electron chi connectivity index (χ0n) is 13.3. The molecule has 0 bridgehead atoms. The molecule has 24 heavy (non-hydrogen) atoms. The number of benzene rings is 3. The maximum absolute atomic E-state index is 4.73. The first-order valence-corrected chi connectivity index (χ1v) is 8.95. The van der Waals surface area contributed by atoms with Crippen molar-refractivity contribution in [2.45, 2.75) is 13.1 Å². The molecule has 1 aromatic heterocycles. The van der Waals surface area contributed by atoms with Gasteiger partial charge in [-0.15, -0.1) is 11.3 Å². The maximum Gasteiger partial charge on any atom is 0.123 e. The highest BCUT2D eigenvalue weighted by molar-refractivity contribution is 7.13. The summed E-state index contributed by atoms with van der Waals surface area (Å²) in [6.07, 6.45) is 0. The normalized spacial score (nSPS) is 11.0. The van der Waals surface area contributed by atoms with Gasteiger partial charge in [0.2, 0.25) is 0 Å². The van der Waals surface area contributed by atoms with E-state index in [0.717, 1.165) is 23.8 Å². The van der Waals surface area contributed by atoms with Crippen LogP contribution in [-0.2, 0) is 13.1 Å². The molecule has 0 aliphatic carbocycles. The van der Waals surface area contributed by atoms with Gasteiger partial charge in [-0.3, -0.25) is 0 Å². The van der Waals surface area contributed by atoms with Crippen molar-refractivity contribution >= 4 is 22.1 Å². The maximum atomic E-state index is 4.73. The summed E-state index contributed by atoms with van der Waals surface area (Å²) in [5, 5.41) is 9.34. The highest BCUT2D eigenvalue weighted by Crippen LogP contribution is 2.23. The lowest BCUT2D eigenvalue weighted by molar-refractivity contribution is 0.686. The molecule has 3 aromatic carbocycles. The van der Waals surface area contributed by atoms with Crippen molar-refractivity contribution in [3.8, 4) is 10.6 Å². The molecular weight excluding hydrogens is 312 g/mol. The molecule has 0 atom stereocenters. The quantitative estimate of drug-likeness (QED) is 0.540. The van der Waals surface area contributed by atoms with Crippen LogP contribution in [0.1, 0.15) is 11.3 Å². The molecule has 4 rings (SSSR count). The topological polar surface area (TPSA) is 24.9 Å². The van der Waals surface area contributed by atoms with Crippen molar-refractivity contribution in [3.63, 3.8) is 0 Å². The van der Waals surface area contributed by atoms with Crippen LogP contribution in [0.15, 0.2) is 78.2 Å². The molecule has 0 aliphatic rings. The van der Waals surface area contributed by atoms with Crippen molar-refractivity contribution in [2.75, 3.05) is 0 Å². The molecule has 0 aliphatic heterocycles. The van der Waals surface area contributed by atoms with E-state index < -0.39 is 0 Å². The third-order valence-electron chi connectivity index (χ3n) is 4.07. The van der Waals surface area contributed by atoms with Crippen LogP contribution in [0.3, 0.4) is 0 Å². The lowest BCUT2D eigenvalue weighted by atomic mass is 10.0. The molecule has 1 heterocycles. The molecule has 118 valence electrons. The zero-order valence-corrected chi connectivity index (χ0v) is 14.1. The molecule has 0 unspecified atom stereocenters. The molecule has 0 fully saturated rings. The van der Waals surface area contributed by atoms with Gasteiger partial charge in [-0.1, -0.05) is 72.8 Å². The lowest BCUT2D eigenvalue weighted by Crippen LogP contribution is -2.13. The molecular formula is C21H18N2S. The van der Waals surface area contributed by atoms with Crippen LogP contribution >= 0.6 is 11.3 Å². The minimum Gasteiger partial charge on any atom is -0.307 e. The summed E-state index contributed by atoms with van der Waals surface area (Å²) in [4.78, 5) is 4.73. The second-order valence-corrected chi connectivity index (χ2v) is 6.61. The largest absolute Gasteiger partial charge is 0.307 e. The van der Waals surface area contributed by atoms with E-state index in [1.54, 1.807) is 11.3 Å². The van der Waals surface area contributed by atoms with E-state index in [1.165, 1.54) is 21.9 Å². The highest BCUT2D eigenvalue weighted by atomic mass is 32.1. The molecule has 3 heteroatoms. The van der Waals surface area contributed by atoms with Crippen LogP contribution < -0.4 is 5.32 Å².